The topological polar surface area (TPSA) is 76.4 Å². The summed E-state index contributed by atoms with van der Waals surface area (Å²) in [6.45, 7) is 10.3. The number of hydrogen-bond acceptors (Lipinski definition) is 5. The highest BCUT2D eigenvalue weighted by Crippen LogP contribution is 2.28. The summed E-state index contributed by atoms with van der Waals surface area (Å²) in [5.74, 6) is 5.22. The number of carbonyl (C=O) groups is 1. The van der Waals surface area contributed by atoms with Crippen LogP contribution in [0.25, 0.3) is 6.08 Å². The van der Waals surface area contributed by atoms with Crippen LogP contribution in [0.15, 0.2) is 18.2 Å². The zero-order chi connectivity index (χ0) is 16.0. The van der Waals surface area contributed by atoms with E-state index in [0.29, 0.717) is 0 Å². The van der Waals surface area contributed by atoms with Gasteiger partial charge < -0.3 is 15.5 Å². The van der Waals surface area contributed by atoms with Gasteiger partial charge in [-0.05, 0) is 57.9 Å². The molecule has 0 atom stereocenters. The second kappa shape index (κ2) is 7.13. The highest BCUT2D eigenvalue weighted by molar-refractivity contribution is 5.88. The van der Waals surface area contributed by atoms with Crippen LogP contribution in [-0.4, -0.2) is 18.1 Å². The zero-order valence-electron chi connectivity index (χ0n) is 13.4. The van der Waals surface area contributed by atoms with Gasteiger partial charge in [0.05, 0.1) is 11.4 Å². The van der Waals surface area contributed by atoms with Gasteiger partial charge in [-0.1, -0.05) is 6.07 Å². The van der Waals surface area contributed by atoms with Crippen molar-refractivity contribution in [3.63, 3.8) is 0 Å². The lowest BCUT2D eigenvalue weighted by Gasteiger charge is -2.18. The third kappa shape index (κ3) is 5.11. The van der Waals surface area contributed by atoms with Crippen molar-refractivity contribution in [2.24, 2.45) is 5.84 Å². The van der Waals surface area contributed by atoms with E-state index in [1.54, 1.807) is 6.08 Å². The lowest BCUT2D eigenvalue weighted by atomic mass is 10.0. The summed E-state index contributed by atoms with van der Waals surface area (Å²) >= 11 is 0. The third-order valence-electron chi connectivity index (χ3n) is 2.82. The van der Waals surface area contributed by atoms with Crippen LogP contribution >= 0.6 is 0 Å². The summed E-state index contributed by atoms with van der Waals surface area (Å²) in [7, 11) is 0. The minimum atomic E-state index is -0.491. The van der Waals surface area contributed by atoms with E-state index in [-0.39, 0.29) is 5.97 Å². The van der Waals surface area contributed by atoms with Crippen LogP contribution < -0.4 is 16.6 Å². The van der Waals surface area contributed by atoms with E-state index < -0.39 is 5.60 Å². The number of hydrazine groups is 1. The fourth-order valence-electron chi connectivity index (χ4n) is 1.93. The molecule has 0 aliphatic rings. The van der Waals surface area contributed by atoms with E-state index in [9.17, 15) is 4.79 Å². The number of benzene rings is 1. The molecular weight excluding hydrogens is 266 g/mol. The van der Waals surface area contributed by atoms with Crippen LogP contribution in [0, 0.1) is 6.92 Å². The molecule has 0 saturated heterocycles. The molecule has 0 aliphatic heterocycles. The van der Waals surface area contributed by atoms with E-state index in [0.717, 1.165) is 29.0 Å². The first-order valence-electron chi connectivity index (χ1n) is 7.03. The molecule has 0 heterocycles. The number of carbonyl (C=O) groups excluding carboxylic acids is 1. The van der Waals surface area contributed by atoms with Crippen molar-refractivity contribution in [1.82, 2.24) is 0 Å². The maximum atomic E-state index is 11.7. The largest absolute Gasteiger partial charge is 0.457 e. The number of nitrogen functional groups attached to an aromatic ring is 1. The number of ether oxygens (including phenoxy) is 1. The summed E-state index contributed by atoms with van der Waals surface area (Å²) in [5, 5.41) is 3.23. The molecule has 4 N–H and O–H groups in total. The minimum Gasteiger partial charge on any atom is -0.457 e. The van der Waals surface area contributed by atoms with Gasteiger partial charge in [0, 0.05) is 12.6 Å². The predicted molar refractivity (Wildman–Crippen MR) is 88.0 cm³/mol. The van der Waals surface area contributed by atoms with Gasteiger partial charge in [-0.3, -0.25) is 5.84 Å². The number of nitrogens with one attached hydrogen (secondary N) is 2. The molecule has 0 spiro atoms. The number of anilines is 2. The molecule has 0 aliphatic carbocycles. The first-order chi connectivity index (χ1) is 9.78. The van der Waals surface area contributed by atoms with Crippen LogP contribution in [0.1, 0.15) is 38.8 Å². The molecule has 5 heteroatoms. The van der Waals surface area contributed by atoms with Crippen molar-refractivity contribution < 1.29 is 9.53 Å². The van der Waals surface area contributed by atoms with Gasteiger partial charge in [-0.2, -0.15) is 0 Å². The highest BCUT2D eigenvalue weighted by atomic mass is 16.6. The average molecular weight is 291 g/mol. The molecule has 0 aromatic heterocycles. The molecule has 21 heavy (non-hydrogen) atoms. The normalized spacial score (nSPS) is 11.5. The van der Waals surface area contributed by atoms with E-state index in [2.05, 4.69) is 10.7 Å². The van der Waals surface area contributed by atoms with Gasteiger partial charge in [0.25, 0.3) is 0 Å². The van der Waals surface area contributed by atoms with Crippen LogP contribution in [0.3, 0.4) is 0 Å². The van der Waals surface area contributed by atoms with Gasteiger partial charge in [0.15, 0.2) is 0 Å². The Hall–Kier alpha value is -2.01. The smallest absolute Gasteiger partial charge is 0.331 e. The fourth-order valence-corrected chi connectivity index (χ4v) is 1.93. The summed E-state index contributed by atoms with van der Waals surface area (Å²) in [6, 6.07) is 3.87. The molecule has 1 aromatic carbocycles. The Morgan fingerprint density at radius 2 is 2.05 bits per heavy atom. The molecule has 0 fully saturated rings. The Labute approximate surface area is 126 Å². The molecule has 0 saturated carbocycles. The molecule has 0 radical (unpaired) electrons. The molecule has 0 unspecified atom stereocenters. The maximum Gasteiger partial charge on any atom is 0.331 e. The number of hydrogen-bond donors (Lipinski definition) is 3. The molecule has 0 amide bonds. The van der Waals surface area contributed by atoms with Crippen LogP contribution in [0.4, 0.5) is 11.4 Å². The molecular formula is C16H25N3O2. The Balaban J connectivity index is 2.97. The average Bonchev–Trinajstić information content (AvgIpc) is 2.36. The summed E-state index contributed by atoms with van der Waals surface area (Å²) < 4.78 is 5.24. The monoisotopic (exact) mass is 291 g/mol. The molecule has 1 aromatic rings. The van der Waals surface area contributed by atoms with Crippen molar-refractivity contribution in [3.05, 3.63) is 29.3 Å². The molecule has 5 nitrogen and oxygen atoms in total. The van der Waals surface area contributed by atoms with Crippen molar-refractivity contribution >= 4 is 23.4 Å². The summed E-state index contributed by atoms with van der Waals surface area (Å²) in [5.41, 5.74) is 5.85. The lowest BCUT2D eigenvalue weighted by Crippen LogP contribution is -2.22. The quantitative estimate of drug-likeness (QED) is 0.336. The van der Waals surface area contributed by atoms with E-state index in [1.807, 2.05) is 46.8 Å². The fraction of sp³-hybridized carbons (Fsp3) is 0.438. The van der Waals surface area contributed by atoms with Gasteiger partial charge in [-0.25, -0.2) is 4.79 Å². The first-order valence-corrected chi connectivity index (χ1v) is 7.03. The molecule has 0 bridgehead atoms. The second-order valence-corrected chi connectivity index (χ2v) is 5.74. The van der Waals surface area contributed by atoms with Crippen molar-refractivity contribution in [3.8, 4) is 0 Å². The Morgan fingerprint density at radius 3 is 2.57 bits per heavy atom. The van der Waals surface area contributed by atoms with E-state index in [4.69, 9.17) is 10.6 Å². The second-order valence-electron chi connectivity index (χ2n) is 5.74. The Bertz CT molecular complexity index is 531. The Morgan fingerprint density at radius 1 is 1.38 bits per heavy atom. The van der Waals surface area contributed by atoms with E-state index in [1.165, 1.54) is 6.08 Å². The zero-order valence-corrected chi connectivity index (χ0v) is 13.4. The summed E-state index contributed by atoms with van der Waals surface area (Å²) in [6.07, 6.45) is 3.17. The maximum absolute atomic E-state index is 11.7. The van der Waals surface area contributed by atoms with Crippen molar-refractivity contribution in [1.29, 1.82) is 0 Å². The van der Waals surface area contributed by atoms with Crippen molar-refractivity contribution in [2.75, 3.05) is 17.3 Å². The number of rotatable bonds is 5. The summed E-state index contributed by atoms with van der Waals surface area (Å²) in [4.78, 5) is 11.7. The lowest BCUT2D eigenvalue weighted by molar-refractivity contribution is -0.148. The molecule has 1 rings (SSSR count). The van der Waals surface area contributed by atoms with Crippen LogP contribution in [0.2, 0.25) is 0 Å². The minimum absolute atomic E-state index is 0.361. The third-order valence-corrected chi connectivity index (χ3v) is 2.82. The first kappa shape index (κ1) is 17.0. The van der Waals surface area contributed by atoms with Gasteiger partial charge in [0.2, 0.25) is 0 Å². The SMILES string of the molecule is CCNc1ccc(/C=C/C(=O)OC(C)(C)C)c(C)c1NN. The number of esters is 1. The number of nitrogens with two attached hydrogens (primary N) is 1. The van der Waals surface area contributed by atoms with Gasteiger partial charge in [0.1, 0.15) is 5.60 Å². The van der Waals surface area contributed by atoms with Crippen molar-refractivity contribution in [2.45, 2.75) is 40.2 Å². The predicted octanol–water partition coefficient (Wildman–Crippen LogP) is 3.07. The molecule has 116 valence electrons. The highest BCUT2D eigenvalue weighted by Gasteiger charge is 2.14. The van der Waals surface area contributed by atoms with Crippen LogP contribution in [-0.2, 0) is 9.53 Å². The van der Waals surface area contributed by atoms with E-state index >= 15 is 0 Å². The van der Waals surface area contributed by atoms with Crippen LogP contribution in [0.5, 0.6) is 0 Å². The standard InChI is InChI=1S/C16H25N3O2/c1-6-18-13-9-7-12(11(2)15(13)19-17)8-10-14(20)21-16(3,4)5/h7-10,18-19H,6,17H2,1-5H3/b10-8+. The van der Waals surface area contributed by atoms with Gasteiger partial charge >= 0.3 is 5.97 Å². The Kier molecular flexibility index (Phi) is 5.79. The van der Waals surface area contributed by atoms with Gasteiger partial charge in [-0.15, -0.1) is 0 Å².